The van der Waals surface area contributed by atoms with E-state index in [1.807, 2.05) is 21.0 Å². The average Bonchev–Trinajstić information content (AvgIpc) is 2.78. The molecule has 1 aromatic heterocycles. The number of piperidine rings is 3. The zero-order chi connectivity index (χ0) is 22.0. The summed E-state index contributed by atoms with van der Waals surface area (Å²) in [5.41, 5.74) is 4.44. The molecule has 0 spiro atoms. The van der Waals surface area contributed by atoms with Gasteiger partial charge >= 0.3 is 0 Å². The molecular formula is C24H33N5O2. The Kier molecular flexibility index (Phi) is 6.53. The van der Waals surface area contributed by atoms with Gasteiger partial charge in [0.25, 0.3) is 0 Å². The molecule has 5 rings (SSSR count). The van der Waals surface area contributed by atoms with E-state index in [2.05, 4.69) is 45.4 Å². The minimum Gasteiger partial charge on any atom is -0.378 e. The van der Waals surface area contributed by atoms with Crippen molar-refractivity contribution in [3.05, 3.63) is 41.9 Å². The maximum Gasteiger partial charge on any atom is 0.246 e. The van der Waals surface area contributed by atoms with E-state index in [0.29, 0.717) is 24.4 Å². The lowest BCUT2D eigenvalue weighted by atomic mass is 9.74. The van der Waals surface area contributed by atoms with Crippen molar-refractivity contribution in [2.75, 3.05) is 52.3 Å². The van der Waals surface area contributed by atoms with Crippen molar-refractivity contribution in [3.63, 3.8) is 0 Å². The van der Waals surface area contributed by atoms with Crippen LogP contribution in [0, 0.1) is 12.8 Å². The molecule has 2 bridgehead atoms. The Balaban J connectivity index is 1.49. The minimum atomic E-state index is -0.0435. The van der Waals surface area contributed by atoms with Crippen LogP contribution in [0.25, 0.3) is 11.3 Å². The SMILES string of the molecule is COCC(=O)NCC1CC2CCN1CC2c1cc(-c2ccc(N(C)C)cc2)nc(C)n1. The van der Waals surface area contributed by atoms with Crippen LogP contribution in [0.15, 0.2) is 30.3 Å². The Bertz CT molecular complexity index is 915. The van der Waals surface area contributed by atoms with Gasteiger partial charge in [0.2, 0.25) is 5.91 Å². The molecule has 1 aromatic carbocycles. The van der Waals surface area contributed by atoms with Gasteiger partial charge in [0.05, 0.1) is 5.69 Å². The number of amides is 1. The third-order valence-electron chi connectivity index (χ3n) is 6.61. The van der Waals surface area contributed by atoms with Gasteiger partial charge in [-0.1, -0.05) is 12.1 Å². The molecule has 1 N–H and O–H groups in total. The quantitative estimate of drug-likeness (QED) is 0.738. The fourth-order valence-electron chi connectivity index (χ4n) is 4.96. The van der Waals surface area contributed by atoms with Crippen molar-refractivity contribution >= 4 is 11.6 Å². The number of methoxy groups -OCH3 is 1. The van der Waals surface area contributed by atoms with Crippen LogP contribution >= 0.6 is 0 Å². The van der Waals surface area contributed by atoms with Crippen LogP contribution in [-0.4, -0.2) is 74.3 Å². The normalized spacial score (nSPS) is 24.8. The van der Waals surface area contributed by atoms with Crippen LogP contribution in [0.4, 0.5) is 5.69 Å². The molecule has 0 saturated carbocycles. The smallest absolute Gasteiger partial charge is 0.246 e. The number of benzene rings is 1. The number of hydrogen-bond donors (Lipinski definition) is 1. The number of aromatic nitrogens is 2. The predicted octanol–water partition coefficient (Wildman–Crippen LogP) is 2.46. The van der Waals surface area contributed by atoms with Crippen molar-refractivity contribution in [1.29, 1.82) is 0 Å². The van der Waals surface area contributed by atoms with Gasteiger partial charge < -0.3 is 15.0 Å². The third-order valence-corrected chi connectivity index (χ3v) is 6.61. The second kappa shape index (κ2) is 9.32. The first-order chi connectivity index (χ1) is 14.9. The summed E-state index contributed by atoms with van der Waals surface area (Å²) < 4.78 is 4.92. The Morgan fingerprint density at radius 1 is 1.26 bits per heavy atom. The van der Waals surface area contributed by atoms with E-state index in [1.165, 1.54) is 12.1 Å². The van der Waals surface area contributed by atoms with E-state index in [4.69, 9.17) is 14.7 Å². The number of nitrogens with one attached hydrogen (secondary N) is 1. The highest BCUT2D eigenvalue weighted by atomic mass is 16.5. The van der Waals surface area contributed by atoms with E-state index in [1.54, 1.807) is 7.11 Å². The molecule has 0 aliphatic carbocycles. The van der Waals surface area contributed by atoms with Crippen LogP contribution in [0.5, 0.6) is 0 Å². The molecule has 1 amide bonds. The highest BCUT2D eigenvalue weighted by Gasteiger charge is 2.41. The van der Waals surface area contributed by atoms with Gasteiger partial charge in [-0.05, 0) is 50.4 Å². The van der Waals surface area contributed by atoms with Gasteiger partial charge in [-0.2, -0.15) is 0 Å². The van der Waals surface area contributed by atoms with Crippen LogP contribution in [0.1, 0.15) is 30.3 Å². The maximum absolute atomic E-state index is 11.8. The van der Waals surface area contributed by atoms with Gasteiger partial charge in [0.15, 0.2) is 0 Å². The zero-order valence-electron chi connectivity index (χ0n) is 19.0. The van der Waals surface area contributed by atoms with E-state index < -0.39 is 0 Å². The molecule has 3 aliphatic rings. The van der Waals surface area contributed by atoms with Crippen LogP contribution in [0.3, 0.4) is 0 Å². The Morgan fingerprint density at radius 2 is 2.03 bits per heavy atom. The molecule has 4 atom stereocenters. The van der Waals surface area contributed by atoms with E-state index in [9.17, 15) is 4.79 Å². The summed E-state index contributed by atoms with van der Waals surface area (Å²) >= 11 is 0. The second-order valence-corrected chi connectivity index (χ2v) is 8.94. The molecule has 3 saturated heterocycles. The Hall–Kier alpha value is -2.51. The lowest BCUT2D eigenvalue weighted by molar-refractivity contribution is -0.125. The number of carbonyl (C=O) groups is 1. The predicted molar refractivity (Wildman–Crippen MR) is 122 cm³/mol. The van der Waals surface area contributed by atoms with Crippen LogP contribution in [0.2, 0.25) is 0 Å². The van der Waals surface area contributed by atoms with E-state index >= 15 is 0 Å². The number of nitrogens with zero attached hydrogens (tertiary/aromatic N) is 4. The molecule has 7 nitrogen and oxygen atoms in total. The second-order valence-electron chi connectivity index (χ2n) is 8.94. The van der Waals surface area contributed by atoms with Gasteiger partial charge in [0, 0.05) is 63.2 Å². The maximum atomic E-state index is 11.8. The largest absolute Gasteiger partial charge is 0.378 e. The van der Waals surface area contributed by atoms with E-state index in [-0.39, 0.29) is 12.5 Å². The monoisotopic (exact) mass is 423 g/mol. The number of carbonyl (C=O) groups excluding carboxylic acids is 1. The van der Waals surface area contributed by atoms with Gasteiger partial charge in [0.1, 0.15) is 12.4 Å². The van der Waals surface area contributed by atoms with Gasteiger partial charge in [-0.25, -0.2) is 9.97 Å². The summed E-state index contributed by atoms with van der Waals surface area (Å²) in [6, 6.07) is 11.1. The molecule has 4 heterocycles. The van der Waals surface area contributed by atoms with Gasteiger partial charge in [-0.3, -0.25) is 9.69 Å². The minimum absolute atomic E-state index is 0.0435. The molecule has 31 heavy (non-hydrogen) atoms. The van der Waals surface area contributed by atoms with E-state index in [0.717, 1.165) is 42.3 Å². The summed E-state index contributed by atoms with van der Waals surface area (Å²) in [5, 5.41) is 3.01. The summed E-state index contributed by atoms with van der Waals surface area (Å²) in [6.07, 6.45) is 2.27. The number of anilines is 1. The molecule has 0 radical (unpaired) electrons. The first-order valence-corrected chi connectivity index (χ1v) is 11.1. The van der Waals surface area contributed by atoms with Crippen LogP contribution in [-0.2, 0) is 9.53 Å². The molecule has 2 aromatic rings. The fourth-order valence-corrected chi connectivity index (χ4v) is 4.96. The summed E-state index contributed by atoms with van der Waals surface area (Å²) in [7, 11) is 5.64. The van der Waals surface area contributed by atoms with Crippen molar-refractivity contribution < 1.29 is 9.53 Å². The van der Waals surface area contributed by atoms with Crippen LogP contribution < -0.4 is 10.2 Å². The third kappa shape index (κ3) is 4.88. The topological polar surface area (TPSA) is 70.6 Å². The number of rotatable bonds is 7. The summed E-state index contributed by atoms with van der Waals surface area (Å²) in [5.74, 6) is 1.79. The first kappa shape index (κ1) is 21.7. The first-order valence-electron chi connectivity index (χ1n) is 11.1. The molecule has 3 fully saturated rings. The number of hydrogen-bond acceptors (Lipinski definition) is 6. The Morgan fingerprint density at radius 3 is 2.68 bits per heavy atom. The number of ether oxygens (including phenoxy) is 1. The Labute approximate surface area is 184 Å². The zero-order valence-corrected chi connectivity index (χ0v) is 19.0. The summed E-state index contributed by atoms with van der Waals surface area (Å²) in [4.78, 5) is 25.9. The molecule has 3 aliphatic heterocycles. The lowest BCUT2D eigenvalue weighted by Crippen LogP contribution is -2.56. The average molecular weight is 424 g/mol. The fraction of sp³-hybridized carbons (Fsp3) is 0.542. The number of aryl methyl sites for hydroxylation is 1. The van der Waals surface area contributed by atoms with Gasteiger partial charge in [-0.15, -0.1) is 0 Å². The molecule has 166 valence electrons. The lowest BCUT2D eigenvalue weighted by Gasteiger charge is -2.49. The highest BCUT2D eigenvalue weighted by Crippen LogP contribution is 2.41. The van der Waals surface area contributed by atoms with Crippen molar-refractivity contribution in [3.8, 4) is 11.3 Å². The molecule has 7 heteroatoms. The standard InChI is InChI=1S/C24H33N5O2/c1-16-26-22(17-5-7-19(8-6-17)28(2)3)12-23(27-16)21-14-29-10-9-18(21)11-20(29)13-25-24(30)15-31-4/h5-8,12,18,20-21H,9-11,13-15H2,1-4H3,(H,25,30). The molecular weight excluding hydrogens is 390 g/mol. The van der Waals surface area contributed by atoms with Crippen molar-refractivity contribution in [1.82, 2.24) is 20.2 Å². The molecule has 4 unspecified atom stereocenters. The van der Waals surface area contributed by atoms with Crippen molar-refractivity contribution in [2.45, 2.75) is 31.7 Å². The number of fused-ring (bicyclic) bond motifs is 3. The van der Waals surface area contributed by atoms with Crippen molar-refractivity contribution in [2.24, 2.45) is 5.92 Å². The highest BCUT2D eigenvalue weighted by molar-refractivity contribution is 5.77. The summed E-state index contributed by atoms with van der Waals surface area (Å²) in [6.45, 7) is 4.88.